The van der Waals surface area contributed by atoms with Gasteiger partial charge in [-0.2, -0.15) is 0 Å². The normalized spacial score (nSPS) is 12.2. The number of hydrogen-bond donors (Lipinski definition) is 1. The zero-order valence-electron chi connectivity index (χ0n) is 10.8. The molecule has 0 spiro atoms. The summed E-state index contributed by atoms with van der Waals surface area (Å²) >= 11 is 0. The van der Waals surface area contributed by atoms with Crippen molar-refractivity contribution in [3.63, 3.8) is 0 Å². The molecule has 1 N–H and O–H groups in total. The minimum atomic E-state index is -0.539. The van der Waals surface area contributed by atoms with Crippen molar-refractivity contribution in [3.05, 3.63) is 35.4 Å². The molecular formula is C13H20F2N2. The summed E-state index contributed by atoms with van der Waals surface area (Å²) in [5, 5.41) is 3.10. The lowest BCUT2D eigenvalue weighted by atomic mass is 10.0. The molecule has 0 radical (unpaired) electrons. The molecule has 0 unspecified atom stereocenters. The number of halogens is 2. The Morgan fingerprint density at radius 1 is 1.29 bits per heavy atom. The van der Waals surface area contributed by atoms with Gasteiger partial charge in [0.15, 0.2) is 0 Å². The SMILES string of the molecule is CNCC(C)(C)N(C)Cc1ccc(F)cc1F. The monoisotopic (exact) mass is 242 g/mol. The van der Waals surface area contributed by atoms with Gasteiger partial charge in [0, 0.05) is 30.3 Å². The number of rotatable bonds is 5. The van der Waals surface area contributed by atoms with Gasteiger partial charge in [-0.05, 0) is 34.0 Å². The summed E-state index contributed by atoms with van der Waals surface area (Å²) in [4.78, 5) is 2.04. The van der Waals surface area contributed by atoms with Gasteiger partial charge in [0.25, 0.3) is 0 Å². The summed E-state index contributed by atoms with van der Waals surface area (Å²) in [7, 11) is 3.81. The average Bonchev–Trinajstić information content (AvgIpc) is 2.22. The van der Waals surface area contributed by atoms with Crippen LogP contribution < -0.4 is 5.32 Å². The molecule has 0 bridgehead atoms. The second kappa shape index (κ2) is 5.56. The lowest BCUT2D eigenvalue weighted by Gasteiger charge is -2.35. The Balaban J connectivity index is 2.77. The molecule has 0 saturated carbocycles. The fourth-order valence-corrected chi connectivity index (χ4v) is 1.69. The predicted octanol–water partition coefficient (Wildman–Crippen LogP) is 2.39. The van der Waals surface area contributed by atoms with Crippen LogP contribution in [0, 0.1) is 11.6 Å². The van der Waals surface area contributed by atoms with Gasteiger partial charge >= 0.3 is 0 Å². The van der Waals surface area contributed by atoms with Crippen molar-refractivity contribution in [2.75, 3.05) is 20.6 Å². The van der Waals surface area contributed by atoms with Crippen molar-refractivity contribution >= 4 is 0 Å². The highest BCUT2D eigenvalue weighted by atomic mass is 19.1. The molecule has 0 aromatic heterocycles. The van der Waals surface area contributed by atoms with Gasteiger partial charge < -0.3 is 5.32 Å². The fourth-order valence-electron chi connectivity index (χ4n) is 1.69. The maximum absolute atomic E-state index is 13.5. The van der Waals surface area contributed by atoms with Crippen LogP contribution in [0.25, 0.3) is 0 Å². The predicted molar refractivity (Wildman–Crippen MR) is 65.8 cm³/mol. The number of nitrogens with zero attached hydrogens (tertiary/aromatic N) is 1. The van der Waals surface area contributed by atoms with E-state index >= 15 is 0 Å². The molecule has 0 aliphatic rings. The topological polar surface area (TPSA) is 15.3 Å². The van der Waals surface area contributed by atoms with E-state index in [1.807, 2.05) is 19.0 Å². The molecule has 96 valence electrons. The van der Waals surface area contributed by atoms with Crippen LogP contribution in [-0.4, -0.2) is 31.1 Å². The average molecular weight is 242 g/mol. The van der Waals surface area contributed by atoms with Gasteiger partial charge in [0.05, 0.1) is 0 Å². The molecule has 0 aliphatic carbocycles. The number of nitrogens with one attached hydrogen (secondary N) is 1. The molecule has 4 heteroatoms. The third-order valence-corrected chi connectivity index (χ3v) is 3.07. The third kappa shape index (κ3) is 3.75. The number of hydrogen-bond acceptors (Lipinski definition) is 2. The Morgan fingerprint density at radius 2 is 1.94 bits per heavy atom. The van der Waals surface area contributed by atoms with Gasteiger partial charge in [-0.1, -0.05) is 6.07 Å². The van der Waals surface area contributed by atoms with E-state index in [9.17, 15) is 8.78 Å². The van der Waals surface area contributed by atoms with Gasteiger partial charge in [-0.25, -0.2) is 8.78 Å². The minimum absolute atomic E-state index is 0.0877. The highest BCUT2D eigenvalue weighted by molar-refractivity contribution is 5.18. The quantitative estimate of drug-likeness (QED) is 0.853. The van der Waals surface area contributed by atoms with Crippen molar-refractivity contribution in [1.82, 2.24) is 10.2 Å². The van der Waals surface area contributed by atoms with E-state index in [1.54, 1.807) is 0 Å². The van der Waals surface area contributed by atoms with Crippen molar-refractivity contribution in [2.24, 2.45) is 0 Å². The van der Waals surface area contributed by atoms with E-state index in [0.717, 1.165) is 12.6 Å². The van der Waals surface area contributed by atoms with Crippen LogP contribution in [0.5, 0.6) is 0 Å². The van der Waals surface area contributed by atoms with E-state index in [-0.39, 0.29) is 5.54 Å². The largest absolute Gasteiger partial charge is 0.318 e. The van der Waals surface area contributed by atoms with Gasteiger partial charge in [-0.15, -0.1) is 0 Å². The first-order chi connectivity index (χ1) is 7.86. The molecule has 0 amide bonds. The molecule has 1 rings (SSSR count). The van der Waals surface area contributed by atoms with Gasteiger partial charge in [0.2, 0.25) is 0 Å². The lowest BCUT2D eigenvalue weighted by molar-refractivity contribution is 0.146. The summed E-state index contributed by atoms with van der Waals surface area (Å²) in [6.45, 7) is 5.41. The maximum Gasteiger partial charge on any atom is 0.130 e. The molecule has 2 nitrogen and oxygen atoms in total. The Kier molecular flexibility index (Phi) is 4.60. The zero-order chi connectivity index (χ0) is 13.1. The first-order valence-electron chi connectivity index (χ1n) is 5.66. The van der Waals surface area contributed by atoms with E-state index in [2.05, 4.69) is 19.2 Å². The number of benzene rings is 1. The highest BCUT2D eigenvalue weighted by Gasteiger charge is 2.23. The summed E-state index contributed by atoms with van der Waals surface area (Å²) < 4.78 is 26.3. The summed E-state index contributed by atoms with van der Waals surface area (Å²) in [6.07, 6.45) is 0. The second-order valence-corrected chi connectivity index (χ2v) is 4.93. The van der Waals surface area contributed by atoms with Crippen LogP contribution >= 0.6 is 0 Å². The Bertz CT molecular complexity index is 378. The summed E-state index contributed by atoms with van der Waals surface area (Å²) in [5.41, 5.74) is 0.424. The standard InChI is InChI=1S/C13H20F2N2/c1-13(2,9-16-3)17(4)8-10-5-6-11(14)7-12(10)15/h5-7,16H,8-9H2,1-4H3. The molecule has 0 aliphatic heterocycles. The molecule has 0 saturated heterocycles. The van der Waals surface area contributed by atoms with Crippen LogP contribution in [0.15, 0.2) is 18.2 Å². The lowest BCUT2D eigenvalue weighted by Crippen LogP contribution is -2.47. The van der Waals surface area contributed by atoms with Crippen molar-refractivity contribution < 1.29 is 8.78 Å². The highest BCUT2D eigenvalue weighted by Crippen LogP contribution is 2.17. The van der Waals surface area contributed by atoms with Crippen LogP contribution in [0.4, 0.5) is 8.78 Å². The van der Waals surface area contributed by atoms with Gasteiger partial charge in [0.1, 0.15) is 11.6 Å². The van der Waals surface area contributed by atoms with Crippen LogP contribution in [-0.2, 0) is 6.54 Å². The Hall–Kier alpha value is -1.00. The molecule has 0 heterocycles. The molecular weight excluding hydrogens is 222 g/mol. The third-order valence-electron chi connectivity index (χ3n) is 3.07. The van der Waals surface area contributed by atoms with E-state index in [0.29, 0.717) is 12.1 Å². The number of likely N-dealkylation sites (N-methyl/N-ethyl adjacent to an activating group) is 2. The maximum atomic E-state index is 13.5. The molecule has 0 fully saturated rings. The minimum Gasteiger partial charge on any atom is -0.318 e. The van der Waals surface area contributed by atoms with Gasteiger partial charge in [-0.3, -0.25) is 4.90 Å². The summed E-state index contributed by atoms with van der Waals surface area (Å²) in [6, 6.07) is 3.71. The molecule has 0 atom stereocenters. The second-order valence-electron chi connectivity index (χ2n) is 4.93. The van der Waals surface area contributed by atoms with Crippen LogP contribution in [0.1, 0.15) is 19.4 Å². The molecule has 17 heavy (non-hydrogen) atoms. The smallest absolute Gasteiger partial charge is 0.130 e. The molecule has 1 aromatic rings. The van der Waals surface area contributed by atoms with Crippen LogP contribution in [0.2, 0.25) is 0 Å². The van der Waals surface area contributed by atoms with Crippen molar-refractivity contribution in [1.29, 1.82) is 0 Å². The zero-order valence-corrected chi connectivity index (χ0v) is 10.8. The molecule has 1 aromatic carbocycles. The summed E-state index contributed by atoms with van der Waals surface area (Å²) in [5.74, 6) is -1.03. The first kappa shape index (κ1) is 14.1. The van der Waals surface area contributed by atoms with E-state index in [1.165, 1.54) is 12.1 Å². The Labute approximate surface area is 102 Å². The van der Waals surface area contributed by atoms with Crippen molar-refractivity contribution in [2.45, 2.75) is 25.9 Å². The van der Waals surface area contributed by atoms with E-state index in [4.69, 9.17) is 0 Å². The van der Waals surface area contributed by atoms with E-state index < -0.39 is 11.6 Å². The van der Waals surface area contributed by atoms with Crippen LogP contribution in [0.3, 0.4) is 0 Å². The Morgan fingerprint density at radius 3 is 2.47 bits per heavy atom. The van der Waals surface area contributed by atoms with Crippen molar-refractivity contribution in [3.8, 4) is 0 Å². The fraction of sp³-hybridized carbons (Fsp3) is 0.538. The first-order valence-corrected chi connectivity index (χ1v) is 5.66.